The normalized spacial score (nSPS) is 24.3. The molecular weight excluding hydrogens is 218 g/mol. The van der Waals surface area contributed by atoms with Crippen LogP contribution in [0.3, 0.4) is 0 Å². The monoisotopic (exact) mass is 235 g/mol. The van der Waals surface area contributed by atoms with Crippen molar-refractivity contribution in [3.05, 3.63) is 23.9 Å². The summed E-state index contributed by atoms with van der Waals surface area (Å²) >= 11 is 0. The van der Waals surface area contributed by atoms with E-state index in [2.05, 4.69) is 10.3 Å². The van der Waals surface area contributed by atoms with Crippen LogP contribution in [-0.4, -0.2) is 29.6 Å². The first-order valence-corrected chi connectivity index (χ1v) is 5.80. The van der Waals surface area contributed by atoms with Gasteiger partial charge in [-0.05, 0) is 31.9 Å². The molecule has 1 aromatic rings. The number of ether oxygens (including phenoxy) is 1. The average Bonchev–Trinajstić information content (AvgIpc) is 2.29. The van der Waals surface area contributed by atoms with Gasteiger partial charge in [0.25, 0.3) is 5.91 Å². The van der Waals surface area contributed by atoms with Crippen LogP contribution in [0.2, 0.25) is 0 Å². The summed E-state index contributed by atoms with van der Waals surface area (Å²) in [4.78, 5) is 15.4. The van der Waals surface area contributed by atoms with Crippen molar-refractivity contribution < 1.29 is 9.53 Å². The summed E-state index contributed by atoms with van der Waals surface area (Å²) in [6.07, 6.45) is 3.72. The Balaban J connectivity index is 2.10. The van der Waals surface area contributed by atoms with Crippen molar-refractivity contribution >= 4 is 11.7 Å². The third-order valence-electron chi connectivity index (χ3n) is 2.90. The molecule has 5 heteroatoms. The lowest BCUT2D eigenvalue weighted by Gasteiger charge is -2.28. The summed E-state index contributed by atoms with van der Waals surface area (Å²) in [7, 11) is 0. The highest BCUT2D eigenvalue weighted by atomic mass is 16.5. The van der Waals surface area contributed by atoms with Gasteiger partial charge < -0.3 is 15.8 Å². The standard InChI is InChI=1S/C12H17N3O2/c1-8-7-9(4-6-17-8)15-12-10(11(13)16)3-2-5-14-12/h2-3,5,8-9H,4,6-7H2,1H3,(H2,13,16)(H,14,15). The Labute approximate surface area is 100 Å². The van der Waals surface area contributed by atoms with Crippen molar-refractivity contribution in [2.45, 2.75) is 31.9 Å². The molecule has 2 atom stereocenters. The molecule has 17 heavy (non-hydrogen) atoms. The van der Waals surface area contributed by atoms with E-state index in [1.165, 1.54) is 0 Å². The first-order chi connectivity index (χ1) is 8.16. The summed E-state index contributed by atoms with van der Waals surface area (Å²) < 4.78 is 5.47. The zero-order valence-corrected chi connectivity index (χ0v) is 9.85. The molecule has 0 aliphatic carbocycles. The Bertz CT molecular complexity index is 408. The van der Waals surface area contributed by atoms with E-state index in [9.17, 15) is 4.79 Å². The van der Waals surface area contributed by atoms with Gasteiger partial charge in [-0.1, -0.05) is 0 Å². The number of carbonyl (C=O) groups is 1. The van der Waals surface area contributed by atoms with Crippen LogP contribution in [0.5, 0.6) is 0 Å². The first-order valence-electron chi connectivity index (χ1n) is 5.80. The highest BCUT2D eigenvalue weighted by Crippen LogP contribution is 2.19. The molecule has 1 aromatic heterocycles. The second-order valence-electron chi connectivity index (χ2n) is 4.31. The Morgan fingerprint density at radius 1 is 1.65 bits per heavy atom. The van der Waals surface area contributed by atoms with E-state index >= 15 is 0 Å². The molecule has 3 N–H and O–H groups in total. The van der Waals surface area contributed by atoms with E-state index < -0.39 is 5.91 Å². The molecule has 1 aliphatic rings. The van der Waals surface area contributed by atoms with Gasteiger partial charge in [-0.3, -0.25) is 4.79 Å². The van der Waals surface area contributed by atoms with Gasteiger partial charge in [0.05, 0.1) is 11.7 Å². The molecule has 5 nitrogen and oxygen atoms in total. The van der Waals surface area contributed by atoms with Gasteiger partial charge in [-0.15, -0.1) is 0 Å². The second kappa shape index (κ2) is 5.14. The van der Waals surface area contributed by atoms with Crippen molar-refractivity contribution in [3.63, 3.8) is 0 Å². The lowest BCUT2D eigenvalue weighted by atomic mass is 10.0. The molecule has 0 bridgehead atoms. The number of anilines is 1. The van der Waals surface area contributed by atoms with Crippen LogP contribution in [0.4, 0.5) is 5.82 Å². The van der Waals surface area contributed by atoms with Crippen LogP contribution >= 0.6 is 0 Å². The third kappa shape index (κ3) is 2.94. The zero-order chi connectivity index (χ0) is 12.3. The Morgan fingerprint density at radius 2 is 2.47 bits per heavy atom. The number of hydrogen-bond acceptors (Lipinski definition) is 4. The fraction of sp³-hybridized carbons (Fsp3) is 0.500. The van der Waals surface area contributed by atoms with Gasteiger partial charge >= 0.3 is 0 Å². The number of rotatable bonds is 3. The smallest absolute Gasteiger partial charge is 0.252 e. The van der Waals surface area contributed by atoms with E-state index in [1.807, 2.05) is 6.92 Å². The molecule has 0 aromatic carbocycles. The maximum atomic E-state index is 11.2. The number of primary amides is 1. The molecule has 0 spiro atoms. The fourth-order valence-electron chi connectivity index (χ4n) is 2.04. The van der Waals surface area contributed by atoms with Crippen LogP contribution < -0.4 is 11.1 Å². The average molecular weight is 235 g/mol. The molecule has 1 saturated heterocycles. The quantitative estimate of drug-likeness (QED) is 0.824. The fourth-order valence-corrected chi connectivity index (χ4v) is 2.04. The summed E-state index contributed by atoms with van der Waals surface area (Å²) in [5.74, 6) is 0.111. The summed E-state index contributed by atoms with van der Waals surface area (Å²) in [6.45, 7) is 2.78. The number of pyridine rings is 1. The SMILES string of the molecule is CC1CC(Nc2ncccc2C(N)=O)CCO1. The third-order valence-corrected chi connectivity index (χ3v) is 2.90. The molecule has 2 rings (SSSR count). The van der Waals surface area contributed by atoms with E-state index in [1.54, 1.807) is 18.3 Å². The number of amides is 1. The maximum Gasteiger partial charge on any atom is 0.252 e. The van der Waals surface area contributed by atoms with Gasteiger partial charge in [-0.2, -0.15) is 0 Å². The lowest BCUT2D eigenvalue weighted by molar-refractivity contribution is 0.0232. The Hall–Kier alpha value is -1.62. The molecule has 92 valence electrons. The van der Waals surface area contributed by atoms with Crippen molar-refractivity contribution in [1.29, 1.82) is 0 Å². The predicted octanol–water partition coefficient (Wildman–Crippen LogP) is 1.16. The van der Waals surface area contributed by atoms with E-state index in [0.29, 0.717) is 11.4 Å². The topological polar surface area (TPSA) is 77.2 Å². The summed E-state index contributed by atoms with van der Waals surface area (Å²) in [5.41, 5.74) is 5.74. The minimum atomic E-state index is -0.458. The van der Waals surface area contributed by atoms with Crippen LogP contribution in [0.25, 0.3) is 0 Å². The zero-order valence-electron chi connectivity index (χ0n) is 9.85. The number of nitrogens with zero attached hydrogens (tertiary/aromatic N) is 1. The summed E-state index contributed by atoms with van der Waals surface area (Å²) in [5, 5.41) is 3.27. The number of nitrogens with two attached hydrogens (primary N) is 1. The maximum absolute atomic E-state index is 11.2. The molecule has 1 aliphatic heterocycles. The van der Waals surface area contributed by atoms with Crippen LogP contribution in [0.1, 0.15) is 30.1 Å². The Morgan fingerprint density at radius 3 is 3.18 bits per heavy atom. The highest BCUT2D eigenvalue weighted by Gasteiger charge is 2.20. The predicted molar refractivity (Wildman–Crippen MR) is 64.8 cm³/mol. The summed E-state index contributed by atoms with van der Waals surface area (Å²) in [6, 6.07) is 3.67. The van der Waals surface area contributed by atoms with Crippen molar-refractivity contribution in [2.75, 3.05) is 11.9 Å². The molecule has 0 radical (unpaired) electrons. The molecule has 2 heterocycles. The largest absolute Gasteiger partial charge is 0.378 e. The number of aromatic nitrogens is 1. The van der Waals surface area contributed by atoms with Gasteiger partial charge in [0, 0.05) is 18.8 Å². The molecule has 0 saturated carbocycles. The second-order valence-corrected chi connectivity index (χ2v) is 4.31. The van der Waals surface area contributed by atoms with Crippen molar-refractivity contribution in [3.8, 4) is 0 Å². The molecule has 2 unspecified atom stereocenters. The molecule has 1 fully saturated rings. The van der Waals surface area contributed by atoms with Gasteiger partial charge in [-0.25, -0.2) is 4.98 Å². The molecular formula is C12H17N3O2. The van der Waals surface area contributed by atoms with E-state index in [-0.39, 0.29) is 12.1 Å². The minimum absolute atomic E-state index is 0.238. The Kier molecular flexibility index (Phi) is 3.58. The lowest BCUT2D eigenvalue weighted by Crippen LogP contribution is -2.33. The van der Waals surface area contributed by atoms with Crippen LogP contribution in [0.15, 0.2) is 18.3 Å². The van der Waals surface area contributed by atoms with Crippen LogP contribution in [0, 0.1) is 0 Å². The number of hydrogen-bond donors (Lipinski definition) is 2. The first kappa shape index (κ1) is 11.9. The van der Waals surface area contributed by atoms with Gasteiger partial charge in [0.2, 0.25) is 0 Å². The van der Waals surface area contributed by atoms with Crippen molar-refractivity contribution in [2.24, 2.45) is 5.73 Å². The van der Waals surface area contributed by atoms with E-state index in [4.69, 9.17) is 10.5 Å². The number of nitrogens with one attached hydrogen (secondary N) is 1. The van der Waals surface area contributed by atoms with Crippen LogP contribution in [-0.2, 0) is 4.74 Å². The highest BCUT2D eigenvalue weighted by molar-refractivity contribution is 5.97. The number of carbonyl (C=O) groups excluding carboxylic acids is 1. The molecule has 1 amide bonds. The van der Waals surface area contributed by atoms with Gasteiger partial charge in [0.15, 0.2) is 0 Å². The van der Waals surface area contributed by atoms with E-state index in [0.717, 1.165) is 19.4 Å². The van der Waals surface area contributed by atoms with Crippen molar-refractivity contribution in [1.82, 2.24) is 4.98 Å². The minimum Gasteiger partial charge on any atom is -0.378 e. The van der Waals surface area contributed by atoms with Gasteiger partial charge in [0.1, 0.15) is 5.82 Å².